The summed E-state index contributed by atoms with van der Waals surface area (Å²) in [7, 11) is 0. The van der Waals surface area contributed by atoms with Gasteiger partial charge in [-0.05, 0) is 26.0 Å². The molecule has 1 aromatic carbocycles. The predicted octanol–water partition coefficient (Wildman–Crippen LogP) is 1.50. The normalized spacial score (nSPS) is 14.2. The lowest BCUT2D eigenvalue weighted by atomic mass is 10.1. The number of amides is 3. The number of ether oxygens (including phenoxy) is 1. The highest BCUT2D eigenvalue weighted by Crippen LogP contribution is 2.24. The molecule has 0 saturated carbocycles. The Morgan fingerprint density at radius 2 is 1.72 bits per heavy atom. The monoisotopic (exact) mass is 340 g/mol. The van der Waals surface area contributed by atoms with Crippen LogP contribution in [0.25, 0.3) is 0 Å². The van der Waals surface area contributed by atoms with E-state index in [1.807, 2.05) is 6.92 Å². The number of hydrogen-bond donors (Lipinski definition) is 1. The Morgan fingerprint density at radius 3 is 2.24 bits per heavy atom. The van der Waals surface area contributed by atoms with Crippen molar-refractivity contribution < 1.29 is 19.1 Å². The van der Waals surface area contributed by atoms with Gasteiger partial charge in [0.15, 0.2) is 0 Å². The van der Waals surface area contributed by atoms with Crippen LogP contribution in [0.15, 0.2) is 36.7 Å². The second-order valence-corrected chi connectivity index (χ2v) is 5.38. The number of fused-ring (bicyclic) bond motifs is 1. The van der Waals surface area contributed by atoms with Gasteiger partial charge in [-0.1, -0.05) is 12.1 Å². The van der Waals surface area contributed by atoms with E-state index in [0.717, 1.165) is 4.90 Å². The Bertz CT molecular complexity index is 800. The number of rotatable bonds is 5. The van der Waals surface area contributed by atoms with Gasteiger partial charge in [0.1, 0.15) is 6.04 Å². The van der Waals surface area contributed by atoms with Crippen molar-refractivity contribution in [2.75, 3.05) is 11.9 Å². The van der Waals surface area contributed by atoms with Gasteiger partial charge in [0.25, 0.3) is 11.8 Å². The van der Waals surface area contributed by atoms with Crippen LogP contribution >= 0.6 is 0 Å². The molecule has 128 valence electrons. The van der Waals surface area contributed by atoms with E-state index in [0.29, 0.717) is 23.4 Å². The third kappa shape index (κ3) is 3.06. The molecule has 1 atom stereocenters. The lowest BCUT2D eigenvalue weighted by Crippen LogP contribution is -2.45. The van der Waals surface area contributed by atoms with E-state index in [1.54, 1.807) is 24.3 Å². The summed E-state index contributed by atoms with van der Waals surface area (Å²) in [6.45, 7) is 3.73. The minimum Gasteiger partial charge on any atom is -0.464 e. The van der Waals surface area contributed by atoms with Crippen LogP contribution in [0.3, 0.4) is 0 Å². The molecule has 1 aliphatic rings. The maximum atomic E-state index is 12.4. The first-order valence-electron chi connectivity index (χ1n) is 7.75. The van der Waals surface area contributed by atoms with Crippen LogP contribution in [0.1, 0.15) is 34.6 Å². The van der Waals surface area contributed by atoms with Crippen LogP contribution in [0.4, 0.5) is 5.69 Å². The molecule has 1 aliphatic heterocycles. The number of carbonyl (C=O) groups excluding carboxylic acids is 3. The molecular formula is C17H16N4O4. The molecule has 2 heterocycles. The van der Waals surface area contributed by atoms with Gasteiger partial charge in [-0.25, -0.2) is 9.97 Å². The molecular weight excluding hydrogens is 324 g/mol. The lowest BCUT2D eigenvalue weighted by molar-refractivity contribution is -0.119. The number of anilines is 1. The number of carbonyl (C=O) groups is 3. The Kier molecular flexibility index (Phi) is 4.42. The van der Waals surface area contributed by atoms with Crippen molar-refractivity contribution in [2.45, 2.75) is 19.9 Å². The Hall–Kier alpha value is -3.29. The molecule has 0 saturated heterocycles. The van der Waals surface area contributed by atoms with Gasteiger partial charge in [0.05, 0.1) is 35.8 Å². The maximum absolute atomic E-state index is 12.4. The fourth-order valence-corrected chi connectivity index (χ4v) is 2.51. The molecule has 3 amide bonds. The van der Waals surface area contributed by atoms with Crippen molar-refractivity contribution in [3.63, 3.8) is 0 Å². The molecule has 0 aliphatic carbocycles. The zero-order valence-corrected chi connectivity index (χ0v) is 13.7. The summed E-state index contributed by atoms with van der Waals surface area (Å²) in [6, 6.07) is 5.72. The number of nitrogens with one attached hydrogen (secondary N) is 1. The summed E-state index contributed by atoms with van der Waals surface area (Å²) < 4.78 is 5.13. The molecule has 25 heavy (non-hydrogen) atoms. The first-order valence-corrected chi connectivity index (χ1v) is 7.75. The van der Waals surface area contributed by atoms with Crippen molar-refractivity contribution in [3.8, 4) is 6.01 Å². The van der Waals surface area contributed by atoms with Crippen LogP contribution in [0, 0.1) is 0 Å². The van der Waals surface area contributed by atoms with Gasteiger partial charge in [0.2, 0.25) is 5.91 Å². The highest BCUT2D eigenvalue weighted by Gasteiger charge is 2.40. The van der Waals surface area contributed by atoms with Gasteiger partial charge in [-0.15, -0.1) is 0 Å². The average molecular weight is 340 g/mol. The smallest absolute Gasteiger partial charge is 0.316 e. The summed E-state index contributed by atoms with van der Waals surface area (Å²) in [5.41, 5.74) is 0.949. The van der Waals surface area contributed by atoms with Gasteiger partial charge < -0.3 is 10.1 Å². The van der Waals surface area contributed by atoms with Gasteiger partial charge in [0, 0.05) is 0 Å². The predicted molar refractivity (Wildman–Crippen MR) is 88.2 cm³/mol. The minimum atomic E-state index is -0.973. The number of nitrogens with zero attached hydrogens (tertiary/aromatic N) is 3. The van der Waals surface area contributed by atoms with Crippen molar-refractivity contribution >= 4 is 23.4 Å². The highest BCUT2D eigenvalue weighted by atomic mass is 16.5. The number of benzene rings is 1. The Labute approximate surface area is 143 Å². The van der Waals surface area contributed by atoms with Crippen molar-refractivity contribution in [3.05, 3.63) is 47.8 Å². The molecule has 8 heteroatoms. The third-order valence-corrected chi connectivity index (χ3v) is 3.76. The number of hydrogen-bond acceptors (Lipinski definition) is 6. The van der Waals surface area contributed by atoms with Crippen LogP contribution in [-0.2, 0) is 4.79 Å². The summed E-state index contributed by atoms with van der Waals surface area (Å²) in [6.07, 6.45) is 2.79. The summed E-state index contributed by atoms with van der Waals surface area (Å²) in [5, 5.41) is 2.59. The van der Waals surface area contributed by atoms with E-state index in [1.165, 1.54) is 19.3 Å². The molecule has 8 nitrogen and oxygen atoms in total. The van der Waals surface area contributed by atoms with Crippen molar-refractivity contribution in [1.29, 1.82) is 0 Å². The minimum absolute atomic E-state index is 0.203. The van der Waals surface area contributed by atoms with Gasteiger partial charge >= 0.3 is 6.01 Å². The molecule has 0 bridgehead atoms. The van der Waals surface area contributed by atoms with Crippen LogP contribution < -0.4 is 10.1 Å². The quantitative estimate of drug-likeness (QED) is 0.828. The Balaban J connectivity index is 1.73. The largest absolute Gasteiger partial charge is 0.464 e. The maximum Gasteiger partial charge on any atom is 0.316 e. The SMILES string of the molecule is CCOc1ncc(NC(=O)C(C)N2C(=O)c3ccccc3C2=O)cn1. The molecule has 0 fully saturated rings. The van der Waals surface area contributed by atoms with E-state index in [4.69, 9.17) is 4.74 Å². The zero-order chi connectivity index (χ0) is 18.0. The second kappa shape index (κ2) is 6.68. The highest BCUT2D eigenvalue weighted by molar-refractivity contribution is 6.23. The summed E-state index contributed by atoms with van der Waals surface area (Å²) in [4.78, 5) is 46.1. The van der Waals surface area contributed by atoms with E-state index in [9.17, 15) is 14.4 Å². The van der Waals surface area contributed by atoms with Crippen molar-refractivity contribution in [1.82, 2.24) is 14.9 Å². The van der Waals surface area contributed by atoms with Crippen molar-refractivity contribution in [2.24, 2.45) is 0 Å². The number of aromatic nitrogens is 2. The first-order chi connectivity index (χ1) is 12.0. The second-order valence-electron chi connectivity index (χ2n) is 5.38. The summed E-state index contributed by atoms with van der Waals surface area (Å²) in [5.74, 6) is -1.47. The topological polar surface area (TPSA) is 101 Å². The van der Waals surface area contributed by atoms with Crippen LogP contribution in [-0.4, -0.2) is 45.2 Å². The Morgan fingerprint density at radius 1 is 1.16 bits per heavy atom. The van der Waals surface area contributed by atoms with Gasteiger partial charge in [-0.3, -0.25) is 19.3 Å². The van der Waals surface area contributed by atoms with E-state index in [-0.39, 0.29) is 6.01 Å². The zero-order valence-electron chi connectivity index (χ0n) is 13.7. The molecule has 1 aromatic heterocycles. The molecule has 0 radical (unpaired) electrons. The summed E-state index contributed by atoms with van der Waals surface area (Å²) >= 11 is 0. The van der Waals surface area contributed by atoms with Gasteiger partial charge in [-0.2, -0.15) is 0 Å². The van der Waals surface area contributed by atoms with Crippen LogP contribution in [0.5, 0.6) is 6.01 Å². The first kappa shape index (κ1) is 16.6. The van der Waals surface area contributed by atoms with E-state index >= 15 is 0 Å². The fraction of sp³-hybridized carbons (Fsp3) is 0.235. The standard InChI is InChI=1S/C17H16N4O4/c1-3-25-17-18-8-11(9-19-17)20-14(22)10(2)21-15(23)12-6-4-5-7-13(12)16(21)24/h4-10H,3H2,1-2H3,(H,20,22). The van der Waals surface area contributed by atoms with E-state index < -0.39 is 23.8 Å². The number of imide groups is 1. The third-order valence-electron chi connectivity index (χ3n) is 3.76. The molecule has 2 aromatic rings. The molecule has 0 spiro atoms. The fourth-order valence-electron chi connectivity index (χ4n) is 2.51. The molecule has 3 rings (SSSR count). The van der Waals surface area contributed by atoms with E-state index in [2.05, 4.69) is 15.3 Å². The average Bonchev–Trinajstić information content (AvgIpc) is 2.87. The molecule has 1 unspecified atom stereocenters. The molecule has 1 N–H and O–H groups in total. The lowest BCUT2D eigenvalue weighted by Gasteiger charge is -2.21. The van der Waals surface area contributed by atoms with Crippen LogP contribution in [0.2, 0.25) is 0 Å².